The fourth-order valence-electron chi connectivity index (χ4n) is 1.94. The minimum atomic E-state index is -0.361. The third-order valence-corrected chi connectivity index (χ3v) is 3.21. The number of rotatable bonds is 6. The van der Waals surface area contributed by atoms with Gasteiger partial charge in [0.15, 0.2) is 0 Å². The molecule has 0 aromatic heterocycles. The van der Waals surface area contributed by atoms with E-state index in [2.05, 4.69) is 15.6 Å². The monoisotopic (exact) mass is 320 g/mol. The standard InChI is InChI=1S/C16H17ClN2O3/c1-3-22-11-8-9-12(16(20)19-21-2)15(10-11)18-14-7-5-4-6-13(14)17/h4-10,18H,3H2,1-2H3,(H,19,20). The van der Waals surface area contributed by atoms with Crippen LogP contribution in [-0.2, 0) is 4.84 Å². The highest BCUT2D eigenvalue weighted by Gasteiger charge is 2.13. The molecule has 5 nitrogen and oxygen atoms in total. The van der Waals surface area contributed by atoms with Crippen LogP contribution in [-0.4, -0.2) is 19.6 Å². The van der Waals surface area contributed by atoms with Crippen molar-refractivity contribution in [2.75, 3.05) is 19.0 Å². The van der Waals surface area contributed by atoms with Crippen LogP contribution in [0, 0.1) is 0 Å². The summed E-state index contributed by atoms with van der Waals surface area (Å²) < 4.78 is 5.47. The third kappa shape index (κ3) is 3.90. The summed E-state index contributed by atoms with van der Waals surface area (Å²) in [6.45, 7) is 2.43. The number of benzene rings is 2. The van der Waals surface area contributed by atoms with E-state index in [0.29, 0.717) is 34.3 Å². The lowest BCUT2D eigenvalue weighted by molar-refractivity contribution is 0.0538. The second-order valence-electron chi connectivity index (χ2n) is 4.38. The molecule has 0 aliphatic heterocycles. The molecule has 0 bridgehead atoms. The van der Waals surface area contributed by atoms with E-state index in [1.807, 2.05) is 25.1 Å². The van der Waals surface area contributed by atoms with Crippen LogP contribution in [0.4, 0.5) is 11.4 Å². The predicted molar refractivity (Wildman–Crippen MR) is 86.8 cm³/mol. The van der Waals surface area contributed by atoms with Gasteiger partial charge in [0.05, 0.1) is 35.7 Å². The predicted octanol–water partition coefficient (Wildman–Crippen LogP) is 3.77. The van der Waals surface area contributed by atoms with Crippen molar-refractivity contribution in [3.8, 4) is 5.75 Å². The average Bonchev–Trinajstić information content (AvgIpc) is 2.50. The second-order valence-corrected chi connectivity index (χ2v) is 4.79. The molecule has 0 aliphatic carbocycles. The van der Waals surface area contributed by atoms with Gasteiger partial charge in [-0.15, -0.1) is 0 Å². The summed E-state index contributed by atoms with van der Waals surface area (Å²) in [5.41, 5.74) is 4.00. The van der Waals surface area contributed by atoms with Gasteiger partial charge in [0.2, 0.25) is 0 Å². The number of nitrogens with one attached hydrogen (secondary N) is 2. The van der Waals surface area contributed by atoms with E-state index in [9.17, 15) is 4.79 Å². The van der Waals surface area contributed by atoms with E-state index < -0.39 is 0 Å². The van der Waals surface area contributed by atoms with Gasteiger partial charge in [-0.2, -0.15) is 0 Å². The maximum Gasteiger partial charge on any atom is 0.276 e. The second kappa shape index (κ2) is 7.68. The van der Waals surface area contributed by atoms with Crippen molar-refractivity contribution in [3.05, 3.63) is 53.1 Å². The Kier molecular flexibility index (Phi) is 5.63. The summed E-state index contributed by atoms with van der Waals surface area (Å²) in [6.07, 6.45) is 0. The lowest BCUT2D eigenvalue weighted by Gasteiger charge is -2.14. The van der Waals surface area contributed by atoms with Gasteiger partial charge in [0.1, 0.15) is 5.75 Å². The SMILES string of the molecule is CCOc1ccc(C(=O)NOC)c(Nc2ccccc2Cl)c1. The summed E-state index contributed by atoms with van der Waals surface area (Å²) in [5.74, 6) is 0.297. The Hall–Kier alpha value is -2.24. The van der Waals surface area contributed by atoms with Crippen LogP contribution < -0.4 is 15.5 Å². The Morgan fingerprint density at radius 3 is 2.64 bits per heavy atom. The zero-order chi connectivity index (χ0) is 15.9. The molecule has 0 heterocycles. The summed E-state index contributed by atoms with van der Waals surface area (Å²) in [7, 11) is 1.38. The van der Waals surface area contributed by atoms with Crippen LogP contribution in [0.25, 0.3) is 0 Å². The summed E-state index contributed by atoms with van der Waals surface area (Å²) in [5, 5.41) is 3.71. The normalized spacial score (nSPS) is 10.1. The number of anilines is 2. The smallest absolute Gasteiger partial charge is 0.276 e. The molecule has 0 saturated heterocycles. The summed E-state index contributed by atoms with van der Waals surface area (Å²) in [6, 6.07) is 12.4. The van der Waals surface area contributed by atoms with E-state index in [-0.39, 0.29) is 5.91 Å². The van der Waals surface area contributed by atoms with Gasteiger partial charge in [0, 0.05) is 6.07 Å². The Morgan fingerprint density at radius 1 is 1.18 bits per heavy atom. The average molecular weight is 321 g/mol. The number of hydroxylamine groups is 1. The van der Waals surface area contributed by atoms with E-state index >= 15 is 0 Å². The molecule has 22 heavy (non-hydrogen) atoms. The molecule has 0 spiro atoms. The lowest BCUT2D eigenvalue weighted by atomic mass is 10.1. The van der Waals surface area contributed by atoms with Crippen molar-refractivity contribution in [1.82, 2.24) is 5.48 Å². The van der Waals surface area contributed by atoms with E-state index in [4.69, 9.17) is 16.3 Å². The van der Waals surface area contributed by atoms with Crippen molar-refractivity contribution in [2.24, 2.45) is 0 Å². The van der Waals surface area contributed by atoms with Crippen LogP contribution in [0.3, 0.4) is 0 Å². The van der Waals surface area contributed by atoms with Crippen LogP contribution in [0.1, 0.15) is 17.3 Å². The first-order valence-corrected chi connectivity index (χ1v) is 7.15. The van der Waals surface area contributed by atoms with Crippen LogP contribution in [0.5, 0.6) is 5.75 Å². The highest BCUT2D eigenvalue weighted by molar-refractivity contribution is 6.33. The molecule has 0 aliphatic rings. The maximum absolute atomic E-state index is 12.1. The fourth-order valence-corrected chi connectivity index (χ4v) is 2.12. The van der Waals surface area contributed by atoms with Gasteiger partial charge >= 0.3 is 0 Å². The van der Waals surface area contributed by atoms with Crippen LogP contribution in [0.15, 0.2) is 42.5 Å². The number of amides is 1. The van der Waals surface area contributed by atoms with Gasteiger partial charge in [-0.1, -0.05) is 23.7 Å². The van der Waals surface area contributed by atoms with Crippen LogP contribution >= 0.6 is 11.6 Å². The van der Waals surface area contributed by atoms with Crippen molar-refractivity contribution in [3.63, 3.8) is 0 Å². The highest BCUT2D eigenvalue weighted by Crippen LogP contribution is 2.29. The van der Waals surface area contributed by atoms with Gasteiger partial charge in [0.25, 0.3) is 5.91 Å². The van der Waals surface area contributed by atoms with Crippen LogP contribution in [0.2, 0.25) is 5.02 Å². The maximum atomic E-state index is 12.1. The zero-order valence-corrected chi connectivity index (χ0v) is 13.1. The molecule has 0 atom stereocenters. The zero-order valence-electron chi connectivity index (χ0n) is 12.4. The van der Waals surface area contributed by atoms with E-state index in [1.54, 1.807) is 24.3 Å². The molecule has 2 rings (SSSR count). The minimum Gasteiger partial charge on any atom is -0.494 e. The number of carbonyl (C=O) groups is 1. The highest BCUT2D eigenvalue weighted by atomic mass is 35.5. The summed E-state index contributed by atoms with van der Waals surface area (Å²) in [4.78, 5) is 16.7. The molecule has 1 amide bonds. The van der Waals surface area contributed by atoms with Crippen molar-refractivity contribution in [2.45, 2.75) is 6.92 Å². The van der Waals surface area contributed by atoms with Gasteiger partial charge in [-0.3, -0.25) is 9.63 Å². The van der Waals surface area contributed by atoms with E-state index in [1.165, 1.54) is 7.11 Å². The molecule has 0 radical (unpaired) electrons. The number of ether oxygens (including phenoxy) is 1. The Balaban J connectivity index is 2.38. The largest absolute Gasteiger partial charge is 0.494 e. The minimum absolute atomic E-state index is 0.361. The van der Waals surface area contributed by atoms with Crippen molar-refractivity contribution < 1.29 is 14.4 Å². The van der Waals surface area contributed by atoms with Gasteiger partial charge in [-0.25, -0.2) is 5.48 Å². The van der Waals surface area contributed by atoms with E-state index in [0.717, 1.165) is 0 Å². The number of para-hydroxylation sites is 1. The van der Waals surface area contributed by atoms with Gasteiger partial charge < -0.3 is 10.1 Å². The van der Waals surface area contributed by atoms with Gasteiger partial charge in [-0.05, 0) is 31.2 Å². The Morgan fingerprint density at radius 2 is 1.95 bits per heavy atom. The third-order valence-electron chi connectivity index (χ3n) is 2.88. The first kappa shape index (κ1) is 16.1. The Labute approximate surface area is 134 Å². The summed E-state index contributed by atoms with van der Waals surface area (Å²) >= 11 is 6.15. The molecular weight excluding hydrogens is 304 g/mol. The Bertz CT molecular complexity index is 662. The molecule has 6 heteroatoms. The lowest BCUT2D eigenvalue weighted by Crippen LogP contribution is -2.22. The topological polar surface area (TPSA) is 59.6 Å². The number of carbonyl (C=O) groups excluding carboxylic acids is 1. The molecule has 0 fully saturated rings. The fraction of sp³-hybridized carbons (Fsp3) is 0.188. The number of halogens is 1. The number of hydrogen-bond donors (Lipinski definition) is 2. The van der Waals surface area contributed by atoms with Crippen molar-refractivity contribution >= 4 is 28.9 Å². The molecule has 116 valence electrons. The quantitative estimate of drug-likeness (QED) is 0.795. The molecule has 0 saturated carbocycles. The molecule has 2 N–H and O–H groups in total. The first-order valence-electron chi connectivity index (χ1n) is 6.77. The molecule has 2 aromatic rings. The number of hydrogen-bond acceptors (Lipinski definition) is 4. The molecule has 0 unspecified atom stereocenters. The first-order chi connectivity index (χ1) is 10.7. The molecule has 2 aromatic carbocycles. The molecular formula is C16H17ClN2O3. The van der Waals surface area contributed by atoms with Crippen molar-refractivity contribution in [1.29, 1.82) is 0 Å².